The smallest absolute Gasteiger partial charge is 0.276 e. The molecule has 0 bridgehead atoms. The molecule has 7 heteroatoms. The van der Waals surface area contributed by atoms with Gasteiger partial charge in [0.15, 0.2) is 11.3 Å². The standard InChI is InChI=1S/C20H25N5O2/c1-13-10-24(11-14-7-5-4-6-8-14)12-15(13)17-22-18(26)16-9-21-19(20(2,3)27)25(16)23-17/h4-9,13,15,27H,10-12H2,1-3H3,(H,22,23,26). The molecule has 3 heterocycles. The summed E-state index contributed by atoms with van der Waals surface area (Å²) in [5, 5.41) is 15.0. The Balaban J connectivity index is 1.65. The van der Waals surface area contributed by atoms with Crippen LogP contribution in [0.1, 0.15) is 43.9 Å². The molecule has 27 heavy (non-hydrogen) atoms. The normalized spacial score (nSPS) is 21.2. The number of rotatable bonds is 4. The highest BCUT2D eigenvalue weighted by Crippen LogP contribution is 2.31. The van der Waals surface area contributed by atoms with Crippen molar-refractivity contribution in [2.45, 2.75) is 38.8 Å². The second-order valence-corrected chi connectivity index (χ2v) is 8.04. The van der Waals surface area contributed by atoms with Crippen LogP contribution in [0.4, 0.5) is 0 Å². The van der Waals surface area contributed by atoms with Gasteiger partial charge in [0.25, 0.3) is 5.56 Å². The summed E-state index contributed by atoms with van der Waals surface area (Å²) in [6, 6.07) is 10.4. The first-order chi connectivity index (χ1) is 12.8. The Morgan fingerprint density at radius 1 is 1.26 bits per heavy atom. The summed E-state index contributed by atoms with van der Waals surface area (Å²) < 4.78 is 1.49. The molecule has 2 N–H and O–H groups in total. The Kier molecular flexibility index (Phi) is 4.36. The second-order valence-electron chi connectivity index (χ2n) is 8.04. The first kappa shape index (κ1) is 17.9. The van der Waals surface area contributed by atoms with E-state index in [1.54, 1.807) is 13.8 Å². The fraction of sp³-hybridized carbons (Fsp3) is 0.450. The Labute approximate surface area is 157 Å². The summed E-state index contributed by atoms with van der Waals surface area (Å²) in [5.41, 5.74) is 0.228. The van der Waals surface area contributed by atoms with Crippen LogP contribution in [0.2, 0.25) is 0 Å². The first-order valence-electron chi connectivity index (χ1n) is 9.30. The van der Waals surface area contributed by atoms with Gasteiger partial charge in [0, 0.05) is 25.6 Å². The summed E-state index contributed by atoms with van der Waals surface area (Å²) in [7, 11) is 0. The maximum Gasteiger partial charge on any atom is 0.276 e. The van der Waals surface area contributed by atoms with E-state index in [1.165, 1.54) is 16.3 Å². The maximum absolute atomic E-state index is 12.5. The van der Waals surface area contributed by atoms with Gasteiger partial charge in [-0.2, -0.15) is 5.10 Å². The van der Waals surface area contributed by atoms with E-state index in [4.69, 9.17) is 0 Å². The minimum Gasteiger partial charge on any atom is -0.382 e. The van der Waals surface area contributed by atoms with Gasteiger partial charge in [-0.25, -0.2) is 9.50 Å². The van der Waals surface area contributed by atoms with Gasteiger partial charge in [-0.05, 0) is 25.3 Å². The molecule has 0 saturated carbocycles. The quantitative estimate of drug-likeness (QED) is 0.735. The molecule has 1 aromatic carbocycles. The molecule has 0 aliphatic carbocycles. The number of hydrogen-bond donors (Lipinski definition) is 2. The number of H-pyrrole nitrogens is 1. The van der Waals surface area contributed by atoms with Crippen LogP contribution in [0.5, 0.6) is 0 Å². The third-order valence-electron chi connectivity index (χ3n) is 5.26. The Morgan fingerprint density at radius 3 is 2.70 bits per heavy atom. The molecular weight excluding hydrogens is 342 g/mol. The summed E-state index contributed by atoms with van der Waals surface area (Å²) in [5.74, 6) is 1.52. The SMILES string of the molecule is CC1CN(Cc2ccccc2)CC1c1nn2c(C(C)(C)O)ncc2c(=O)[nH]1. The van der Waals surface area contributed by atoms with E-state index < -0.39 is 5.60 Å². The van der Waals surface area contributed by atoms with Crippen molar-refractivity contribution in [2.24, 2.45) is 5.92 Å². The number of imidazole rings is 1. The number of aromatic amines is 1. The number of fused-ring (bicyclic) bond motifs is 1. The van der Waals surface area contributed by atoms with Gasteiger partial charge in [0.1, 0.15) is 11.4 Å². The molecule has 4 rings (SSSR count). The van der Waals surface area contributed by atoms with Crippen molar-refractivity contribution >= 4 is 5.52 Å². The molecule has 0 radical (unpaired) electrons. The van der Waals surface area contributed by atoms with Crippen LogP contribution >= 0.6 is 0 Å². The lowest BCUT2D eigenvalue weighted by atomic mass is 9.97. The number of aromatic nitrogens is 4. The zero-order valence-electron chi connectivity index (χ0n) is 15.9. The van der Waals surface area contributed by atoms with E-state index in [0.717, 1.165) is 19.6 Å². The molecule has 0 spiro atoms. The van der Waals surface area contributed by atoms with Gasteiger partial charge in [0.05, 0.1) is 6.20 Å². The zero-order valence-corrected chi connectivity index (χ0v) is 15.9. The minimum atomic E-state index is -1.18. The van der Waals surface area contributed by atoms with Crippen LogP contribution in [0.25, 0.3) is 5.52 Å². The van der Waals surface area contributed by atoms with E-state index in [0.29, 0.717) is 23.1 Å². The fourth-order valence-electron chi connectivity index (χ4n) is 3.89. The molecule has 0 amide bonds. The molecule has 1 saturated heterocycles. The third kappa shape index (κ3) is 3.40. The molecule has 1 aliphatic rings. The lowest BCUT2D eigenvalue weighted by molar-refractivity contribution is 0.0668. The van der Waals surface area contributed by atoms with Crippen LogP contribution in [0.15, 0.2) is 41.3 Å². The van der Waals surface area contributed by atoms with Crippen molar-refractivity contribution < 1.29 is 5.11 Å². The number of benzene rings is 1. The Morgan fingerprint density at radius 2 is 2.00 bits per heavy atom. The van der Waals surface area contributed by atoms with E-state index in [9.17, 15) is 9.90 Å². The van der Waals surface area contributed by atoms with Gasteiger partial charge >= 0.3 is 0 Å². The van der Waals surface area contributed by atoms with Crippen LogP contribution in [-0.4, -0.2) is 42.7 Å². The van der Waals surface area contributed by atoms with Gasteiger partial charge in [0.2, 0.25) is 0 Å². The summed E-state index contributed by atoms with van der Waals surface area (Å²) >= 11 is 0. The van der Waals surface area contributed by atoms with E-state index in [-0.39, 0.29) is 11.5 Å². The van der Waals surface area contributed by atoms with Crippen molar-refractivity contribution in [3.63, 3.8) is 0 Å². The number of nitrogens with zero attached hydrogens (tertiary/aromatic N) is 4. The van der Waals surface area contributed by atoms with Crippen molar-refractivity contribution in [3.8, 4) is 0 Å². The van der Waals surface area contributed by atoms with E-state index >= 15 is 0 Å². The Hall–Kier alpha value is -2.51. The van der Waals surface area contributed by atoms with Gasteiger partial charge in [-0.1, -0.05) is 37.3 Å². The summed E-state index contributed by atoms with van der Waals surface area (Å²) in [6.45, 7) is 8.13. The molecule has 1 aliphatic heterocycles. The minimum absolute atomic E-state index is 0.128. The van der Waals surface area contributed by atoms with Crippen molar-refractivity contribution in [3.05, 3.63) is 64.1 Å². The van der Waals surface area contributed by atoms with Crippen molar-refractivity contribution in [2.75, 3.05) is 13.1 Å². The topological polar surface area (TPSA) is 86.5 Å². The van der Waals surface area contributed by atoms with Gasteiger partial charge in [-0.3, -0.25) is 9.69 Å². The molecule has 3 aromatic rings. The molecular formula is C20H25N5O2. The van der Waals surface area contributed by atoms with E-state index in [1.807, 2.05) is 6.07 Å². The Bertz CT molecular complexity index is 1000. The highest BCUT2D eigenvalue weighted by molar-refractivity contribution is 5.42. The number of nitrogens with one attached hydrogen (secondary N) is 1. The molecule has 7 nitrogen and oxygen atoms in total. The van der Waals surface area contributed by atoms with Gasteiger partial charge < -0.3 is 10.1 Å². The fourth-order valence-corrected chi connectivity index (χ4v) is 3.89. The molecule has 1 fully saturated rings. The summed E-state index contributed by atoms with van der Waals surface area (Å²) in [4.78, 5) is 22.1. The zero-order chi connectivity index (χ0) is 19.2. The molecule has 2 atom stereocenters. The maximum atomic E-state index is 12.5. The predicted octanol–water partition coefficient (Wildman–Crippen LogP) is 1.88. The molecule has 2 unspecified atom stereocenters. The lowest BCUT2D eigenvalue weighted by Crippen LogP contribution is -2.26. The predicted molar refractivity (Wildman–Crippen MR) is 102 cm³/mol. The lowest BCUT2D eigenvalue weighted by Gasteiger charge is -2.17. The van der Waals surface area contributed by atoms with Crippen LogP contribution in [-0.2, 0) is 12.1 Å². The number of aliphatic hydroxyl groups is 1. The summed E-state index contributed by atoms with van der Waals surface area (Å²) in [6.07, 6.45) is 1.46. The monoisotopic (exact) mass is 367 g/mol. The van der Waals surface area contributed by atoms with Gasteiger partial charge in [-0.15, -0.1) is 0 Å². The highest BCUT2D eigenvalue weighted by atomic mass is 16.3. The molecule has 2 aromatic heterocycles. The highest BCUT2D eigenvalue weighted by Gasteiger charge is 2.33. The largest absolute Gasteiger partial charge is 0.382 e. The average molecular weight is 367 g/mol. The first-order valence-corrected chi connectivity index (χ1v) is 9.30. The molecule has 142 valence electrons. The second kappa shape index (κ2) is 6.58. The van der Waals surface area contributed by atoms with Crippen molar-refractivity contribution in [1.82, 2.24) is 24.5 Å². The van der Waals surface area contributed by atoms with Crippen LogP contribution in [0.3, 0.4) is 0 Å². The number of hydrogen-bond acceptors (Lipinski definition) is 5. The average Bonchev–Trinajstić information content (AvgIpc) is 3.19. The third-order valence-corrected chi connectivity index (χ3v) is 5.26. The van der Waals surface area contributed by atoms with Crippen molar-refractivity contribution in [1.29, 1.82) is 0 Å². The number of likely N-dealkylation sites (tertiary alicyclic amines) is 1. The van der Waals surface area contributed by atoms with E-state index in [2.05, 4.69) is 51.2 Å². The van der Waals surface area contributed by atoms with Crippen LogP contribution in [0, 0.1) is 5.92 Å². The van der Waals surface area contributed by atoms with Crippen LogP contribution < -0.4 is 5.56 Å².